The van der Waals surface area contributed by atoms with E-state index >= 15 is 0 Å². The predicted molar refractivity (Wildman–Crippen MR) is 86.2 cm³/mol. The molecule has 0 fully saturated rings. The lowest BCUT2D eigenvalue weighted by Crippen LogP contribution is -2.51. The first-order valence-corrected chi connectivity index (χ1v) is 7.64. The molecule has 3 rings (SSSR count). The molecule has 9 heteroatoms. The Morgan fingerprint density at radius 1 is 1.32 bits per heavy atom. The van der Waals surface area contributed by atoms with Crippen molar-refractivity contribution < 1.29 is 18.2 Å². The molecule has 1 unspecified atom stereocenters. The molecule has 0 saturated carbocycles. The average Bonchev–Trinajstić information content (AvgIpc) is 2.42. The third kappa shape index (κ3) is 2.73. The Balaban J connectivity index is 2.39. The molecule has 1 aliphatic heterocycles. The molecule has 1 atom stereocenters. The fourth-order valence-electron chi connectivity index (χ4n) is 3.70. The number of hydrazine groups is 1. The fraction of sp³-hybridized carbons (Fsp3) is 0.438. The van der Waals surface area contributed by atoms with Gasteiger partial charge in [0.2, 0.25) is 5.56 Å². The van der Waals surface area contributed by atoms with Gasteiger partial charge in [-0.15, -0.1) is 0 Å². The summed E-state index contributed by atoms with van der Waals surface area (Å²) in [6.45, 7) is 5.23. The maximum atomic E-state index is 13.3. The number of aromatic nitrogens is 1. The lowest BCUT2D eigenvalue weighted by Gasteiger charge is -2.39. The summed E-state index contributed by atoms with van der Waals surface area (Å²) in [5.41, 5.74) is -2.17. The van der Waals surface area contributed by atoms with Gasteiger partial charge in [-0.25, -0.2) is 10.1 Å². The highest BCUT2D eigenvalue weighted by Crippen LogP contribution is 2.45. The number of aromatic amines is 1. The van der Waals surface area contributed by atoms with Crippen LogP contribution in [-0.2, 0) is 6.18 Å². The molecule has 0 radical (unpaired) electrons. The summed E-state index contributed by atoms with van der Waals surface area (Å²) in [5, 5.41) is 11.8. The Labute approximate surface area is 140 Å². The quantitative estimate of drug-likeness (QED) is 0.623. The SMILES string of the molecule is CC1CC(C)(C)N([N+](=O)[O-])c2cc3[nH]c(=O)cc(C(F)(F)F)c3cc21. The normalized spacial score (nSPS) is 19.8. The highest BCUT2D eigenvalue weighted by molar-refractivity contribution is 5.88. The number of rotatable bonds is 1. The van der Waals surface area contributed by atoms with Gasteiger partial charge in [0.15, 0.2) is 5.03 Å². The number of nitrogens with zero attached hydrogens (tertiary/aromatic N) is 2. The molecule has 0 amide bonds. The summed E-state index contributed by atoms with van der Waals surface area (Å²) in [6.07, 6.45) is -4.28. The summed E-state index contributed by atoms with van der Waals surface area (Å²) in [7, 11) is 0. The smallest absolute Gasteiger partial charge is 0.322 e. The van der Waals surface area contributed by atoms with Crippen molar-refractivity contribution >= 4 is 16.6 Å². The van der Waals surface area contributed by atoms with E-state index in [0.29, 0.717) is 18.1 Å². The number of hydrogen-bond acceptors (Lipinski definition) is 3. The van der Waals surface area contributed by atoms with Gasteiger partial charge in [-0.05, 0) is 43.9 Å². The van der Waals surface area contributed by atoms with Crippen LogP contribution in [0.5, 0.6) is 0 Å². The molecule has 0 bridgehead atoms. The van der Waals surface area contributed by atoms with E-state index < -0.39 is 27.9 Å². The summed E-state index contributed by atoms with van der Waals surface area (Å²) >= 11 is 0. The molecule has 25 heavy (non-hydrogen) atoms. The summed E-state index contributed by atoms with van der Waals surface area (Å²) in [4.78, 5) is 25.5. The van der Waals surface area contributed by atoms with Gasteiger partial charge >= 0.3 is 6.18 Å². The van der Waals surface area contributed by atoms with Gasteiger partial charge in [-0.2, -0.15) is 13.2 Å². The standard InChI is InChI=1S/C16H16F3N3O3/c1-8-7-15(2,3)21(22(24)25)13-6-12-10(4-9(8)13)11(16(17,18)19)5-14(23)20-12/h4-6,8H,7H2,1-3H3,(H,20,23). The van der Waals surface area contributed by atoms with Gasteiger partial charge in [-0.3, -0.25) is 4.79 Å². The highest BCUT2D eigenvalue weighted by Gasteiger charge is 2.44. The van der Waals surface area contributed by atoms with E-state index in [1.807, 2.05) is 6.92 Å². The Hall–Kier alpha value is -2.58. The zero-order valence-corrected chi connectivity index (χ0v) is 13.8. The van der Waals surface area contributed by atoms with Crippen molar-refractivity contribution in [2.45, 2.75) is 44.8 Å². The van der Waals surface area contributed by atoms with Crippen LogP contribution >= 0.6 is 0 Å². The first-order valence-electron chi connectivity index (χ1n) is 7.64. The lowest BCUT2D eigenvalue weighted by atomic mass is 9.80. The molecule has 134 valence electrons. The summed E-state index contributed by atoms with van der Waals surface area (Å²) in [6, 6.07) is 3.08. The van der Waals surface area contributed by atoms with Gasteiger partial charge in [0.05, 0.1) is 11.1 Å². The maximum Gasteiger partial charge on any atom is 0.417 e. The zero-order chi connectivity index (χ0) is 18.7. The van der Waals surface area contributed by atoms with Gasteiger partial charge in [-0.1, -0.05) is 11.9 Å². The average molecular weight is 355 g/mol. The Morgan fingerprint density at radius 2 is 1.96 bits per heavy atom. The second kappa shape index (κ2) is 5.21. The molecule has 6 nitrogen and oxygen atoms in total. The molecule has 1 aromatic carbocycles. The van der Waals surface area contributed by atoms with Crippen LogP contribution in [0.1, 0.15) is 44.2 Å². The van der Waals surface area contributed by atoms with Crippen LogP contribution in [0.15, 0.2) is 23.0 Å². The van der Waals surface area contributed by atoms with Gasteiger partial charge in [0.1, 0.15) is 11.2 Å². The second-order valence-corrected chi connectivity index (χ2v) is 6.97. The van der Waals surface area contributed by atoms with Crippen molar-refractivity contribution in [3.05, 3.63) is 49.8 Å². The molecular formula is C16H16F3N3O3. The van der Waals surface area contributed by atoms with E-state index in [-0.39, 0.29) is 22.5 Å². The zero-order valence-electron chi connectivity index (χ0n) is 13.8. The van der Waals surface area contributed by atoms with Crippen molar-refractivity contribution in [3.8, 4) is 0 Å². The van der Waals surface area contributed by atoms with Crippen LogP contribution in [0.2, 0.25) is 0 Å². The topological polar surface area (TPSA) is 79.2 Å². The first kappa shape index (κ1) is 17.2. The number of benzene rings is 1. The minimum absolute atomic E-state index is 0.0738. The minimum Gasteiger partial charge on any atom is -0.322 e. The van der Waals surface area contributed by atoms with Crippen LogP contribution in [0.3, 0.4) is 0 Å². The number of hydrogen-bond donors (Lipinski definition) is 1. The number of nitro groups is 1. The molecule has 1 N–H and O–H groups in total. The molecule has 0 spiro atoms. The van der Waals surface area contributed by atoms with Gasteiger partial charge < -0.3 is 4.98 Å². The molecule has 0 aliphatic carbocycles. The molecule has 1 aromatic heterocycles. The van der Waals surface area contributed by atoms with Crippen LogP contribution < -0.4 is 10.6 Å². The summed E-state index contributed by atoms with van der Waals surface area (Å²) < 4.78 is 39.9. The van der Waals surface area contributed by atoms with Crippen LogP contribution in [-0.4, -0.2) is 15.6 Å². The number of fused-ring (bicyclic) bond motifs is 2. The molecule has 0 saturated heterocycles. The van der Waals surface area contributed by atoms with E-state index in [0.717, 1.165) is 5.01 Å². The van der Waals surface area contributed by atoms with E-state index in [1.165, 1.54) is 12.1 Å². The minimum atomic E-state index is -4.69. The first-order chi connectivity index (χ1) is 11.4. The van der Waals surface area contributed by atoms with Crippen molar-refractivity contribution in [2.24, 2.45) is 0 Å². The number of nitrogens with one attached hydrogen (secondary N) is 1. The second-order valence-electron chi connectivity index (χ2n) is 6.97. The molecular weight excluding hydrogens is 339 g/mol. The Bertz CT molecular complexity index is 934. The number of H-pyrrole nitrogens is 1. The molecule has 1 aliphatic rings. The van der Waals surface area contributed by atoms with Crippen molar-refractivity contribution in [1.82, 2.24) is 4.98 Å². The highest BCUT2D eigenvalue weighted by atomic mass is 19.4. The van der Waals surface area contributed by atoms with Crippen LogP contribution in [0, 0.1) is 10.1 Å². The largest absolute Gasteiger partial charge is 0.417 e. The van der Waals surface area contributed by atoms with Crippen LogP contribution in [0.25, 0.3) is 10.9 Å². The van der Waals surface area contributed by atoms with Crippen molar-refractivity contribution in [2.75, 3.05) is 5.01 Å². The Kier molecular flexibility index (Phi) is 3.59. The lowest BCUT2D eigenvalue weighted by molar-refractivity contribution is -0.507. The summed E-state index contributed by atoms with van der Waals surface area (Å²) in [5.74, 6) is -0.168. The monoisotopic (exact) mass is 355 g/mol. The number of halogens is 3. The van der Waals surface area contributed by atoms with Gasteiger partial charge in [0, 0.05) is 11.5 Å². The third-order valence-electron chi connectivity index (χ3n) is 4.60. The third-order valence-corrected chi connectivity index (χ3v) is 4.60. The van der Waals surface area contributed by atoms with Crippen molar-refractivity contribution in [3.63, 3.8) is 0 Å². The molecule has 2 aromatic rings. The van der Waals surface area contributed by atoms with E-state index in [2.05, 4.69) is 4.98 Å². The van der Waals surface area contributed by atoms with Crippen molar-refractivity contribution in [1.29, 1.82) is 0 Å². The number of pyridine rings is 1. The van der Waals surface area contributed by atoms with E-state index in [4.69, 9.17) is 0 Å². The maximum absolute atomic E-state index is 13.3. The number of anilines is 1. The molecule has 2 heterocycles. The number of alkyl halides is 3. The Morgan fingerprint density at radius 3 is 2.52 bits per heavy atom. The fourth-order valence-corrected chi connectivity index (χ4v) is 3.70. The van der Waals surface area contributed by atoms with E-state index in [1.54, 1.807) is 13.8 Å². The van der Waals surface area contributed by atoms with E-state index in [9.17, 15) is 28.1 Å². The predicted octanol–water partition coefficient (Wildman–Crippen LogP) is 3.83. The van der Waals surface area contributed by atoms with Gasteiger partial charge in [0.25, 0.3) is 0 Å². The van der Waals surface area contributed by atoms with Crippen LogP contribution in [0.4, 0.5) is 18.9 Å².